The van der Waals surface area contributed by atoms with Gasteiger partial charge in [-0.25, -0.2) is 4.79 Å². The fourth-order valence-electron chi connectivity index (χ4n) is 3.58. The number of carbonyl (C=O) groups is 2. The zero-order chi connectivity index (χ0) is 19.0. The molecule has 0 saturated heterocycles. The Balaban J connectivity index is 1.41. The van der Waals surface area contributed by atoms with Gasteiger partial charge in [0.2, 0.25) is 0 Å². The maximum Gasteiger partial charge on any atom is 0.348 e. The normalized spacial score (nSPS) is 17.0. The van der Waals surface area contributed by atoms with Gasteiger partial charge >= 0.3 is 5.97 Å². The van der Waals surface area contributed by atoms with E-state index in [-0.39, 0.29) is 12.5 Å². The number of esters is 1. The Morgan fingerprint density at radius 1 is 1.30 bits per heavy atom. The molecule has 1 aromatic heterocycles. The summed E-state index contributed by atoms with van der Waals surface area (Å²) in [6, 6.07) is 12.3. The van der Waals surface area contributed by atoms with Crippen LogP contribution in [0.2, 0.25) is 0 Å². The van der Waals surface area contributed by atoms with Crippen LogP contribution in [0, 0.1) is 17.2 Å². The zero-order valence-electron chi connectivity index (χ0n) is 15.1. The summed E-state index contributed by atoms with van der Waals surface area (Å²) in [5.41, 5.74) is 2.74. The van der Waals surface area contributed by atoms with Crippen LogP contribution in [0.3, 0.4) is 0 Å². The number of benzene rings is 1. The summed E-state index contributed by atoms with van der Waals surface area (Å²) in [5, 5.41) is 12.0. The summed E-state index contributed by atoms with van der Waals surface area (Å²) in [6.45, 7) is 1.34. The van der Waals surface area contributed by atoms with Crippen molar-refractivity contribution in [2.24, 2.45) is 5.92 Å². The first-order chi connectivity index (χ1) is 13.0. The molecule has 0 unspecified atom stereocenters. The topological polar surface area (TPSA) is 79.2 Å². The van der Waals surface area contributed by atoms with Crippen molar-refractivity contribution in [2.45, 2.75) is 38.1 Å². The molecule has 0 spiro atoms. The first-order valence-corrected chi connectivity index (χ1v) is 9.92. The van der Waals surface area contributed by atoms with Crippen molar-refractivity contribution in [1.29, 1.82) is 5.26 Å². The van der Waals surface area contributed by atoms with E-state index in [2.05, 4.69) is 23.5 Å². The molecule has 0 bridgehead atoms. The minimum Gasteiger partial charge on any atom is -0.451 e. The Labute approximate surface area is 162 Å². The minimum absolute atomic E-state index is 0.186. The second kappa shape index (κ2) is 6.82. The molecule has 1 saturated carbocycles. The molecule has 1 heterocycles. The van der Waals surface area contributed by atoms with Crippen LogP contribution < -0.4 is 5.32 Å². The molecule has 2 aliphatic carbocycles. The van der Waals surface area contributed by atoms with Crippen LogP contribution in [0.4, 0.5) is 0 Å². The quantitative estimate of drug-likeness (QED) is 0.806. The highest BCUT2D eigenvalue weighted by atomic mass is 32.1. The van der Waals surface area contributed by atoms with Crippen molar-refractivity contribution in [1.82, 2.24) is 5.32 Å². The number of hydrogen-bond donors (Lipinski definition) is 1. The maximum atomic E-state index is 12.4. The summed E-state index contributed by atoms with van der Waals surface area (Å²) < 4.78 is 5.20. The van der Waals surface area contributed by atoms with Crippen LogP contribution in [0.25, 0.3) is 10.4 Å². The molecule has 1 aromatic carbocycles. The summed E-state index contributed by atoms with van der Waals surface area (Å²) >= 11 is 1.41. The highest BCUT2D eigenvalue weighted by molar-refractivity contribution is 7.17. The summed E-state index contributed by atoms with van der Waals surface area (Å²) in [6.07, 6.45) is 3.74. The Morgan fingerprint density at radius 3 is 2.78 bits per heavy atom. The zero-order valence-corrected chi connectivity index (χ0v) is 15.9. The van der Waals surface area contributed by atoms with Crippen LogP contribution in [0.15, 0.2) is 30.3 Å². The predicted molar refractivity (Wildman–Crippen MR) is 102 cm³/mol. The minimum atomic E-state index is -0.880. The van der Waals surface area contributed by atoms with Gasteiger partial charge in [-0.15, -0.1) is 11.3 Å². The van der Waals surface area contributed by atoms with Crippen molar-refractivity contribution in [3.8, 4) is 16.5 Å². The van der Waals surface area contributed by atoms with Gasteiger partial charge in [0.25, 0.3) is 5.91 Å². The molecule has 1 amide bonds. The number of ether oxygens (including phenoxy) is 1. The number of hydrogen-bond acceptors (Lipinski definition) is 5. The average Bonchev–Trinajstić information content (AvgIpc) is 3.45. The second-order valence-corrected chi connectivity index (χ2v) is 8.39. The Kier molecular flexibility index (Phi) is 4.48. The number of nitrogens with one attached hydrogen (secondary N) is 1. The molecule has 2 aliphatic rings. The lowest BCUT2D eigenvalue weighted by Gasteiger charge is -2.22. The molecule has 1 N–H and O–H groups in total. The molecule has 0 aliphatic heterocycles. The Hall–Kier alpha value is -2.65. The molecule has 27 heavy (non-hydrogen) atoms. The molecular weight excluding hydrogens is 360 g/mol. The molecule has 5 nitrogen and oxygen atoms in total. The predicted octanol–water partition coefficient (Wildman–Crippen LogP) is 3.48. The van der Waals surface area contributed by atoms with Crippen molar-refractivity contribution in [2.75, 3.05) is 6.61 Å². The number of amides is 1. The Bertz CT molecular complexity index is 955. The van der Waals surface area contributed by atoms with E-state index in [1.807, 2.05) is 18.2 Å². The Morgan fingerprint density at radius 2 is 2.04 bits per heavy atom. The second-order valence-electron chi connectivity index (χ2n) is 7.33. The largest absolute Gasteiger partial charge is 0.451 e. The fourth-order valence-corrected chi connectivity index (χ4v) is 4.75. The molecular formula is C21H20N2O3S. The van der Waals surface area contributed by atoms with E-state index in [1.165, 1.54) is 22.5 Å². The third-order valence-electron chi connectivity index (χ3n) is 5.30. The number of carbonyl (C=O) groups excluding carboxylic acids is 2. The molecule has 6 heteroatoms. The third-order valence-corrected chi connectivity index (χ3v) is 6.49. The van der Waals surface area contributed by atoms with Crippen molar-refractivity contribution >= 4 is 23.2 Å². The number of fused-ring (bicyclic) bond motifs is 3. The van der Waals surface area contributed by atoms with Gasteiger partial charge in [0, 0.05) is 4.88 Å². The lowest BCUT2D eigenvalue weighted by atomic mass is 9.91. The molecule has 138 valence electrons. The van der Waals surface area contributed by atoms with Gasteiger partial charge in [0.15, 0.2) is 6.61 Å². The first-order valence-electron chi connectivity index (χ1n) is 9.10. The maximum absolute atomic E-state index is 12.4. The lowest BCUT2D eigenvalue weighted by molar-refractivity contribution is -0.125. The number of nitriles is 1. The molecule has 1 atom stereocenters. The standard InChI is InChI=1S/C21H20N2O3S/c1-21(12-22,15-8-9-15)23-18(24)11-26-20(25)17-10-14-7-6-13-4-2-3-5-16(13)19(14)27-17/h2-5,10,15H,6-9,11H2,1H3,(H,23,24)/t21-/m0/s1. The SMILES string of the molecule is C[C@@](C#N)(NC(=O)COC(=O)c1cc2c(s1)-c1ccccc1CC2)C1CC1. The van der Waals surface area contributed by atoms with Crippen molar-refractivity contribution < 1.29 is 14.3 Å². The van der Waals surface area contributed by atoms with Crippen LogP contribution in [-0.2, 0) is 22.4 Å². The highest BCUT2D eigenvalue weighted by Crippen LogP contribution is 2.40. The van der Waals surface area contributed by atoms with E-state index in [0.717, 1.165) is 36.1 Å². The van der Waals surface area contributed by atoms with Crippen molar-refractivity contribution in [3.63, 3.8) is 0 Å². The van der Waals surface area contributed by atoms with Crippen LogP contribution in [0.5, 0.6) is 0 Å². The molecule has 1 fully saturated rings. The van der Waals surface area contributed by atoms with Crippen LogP contribution in [0.1, 0.15) is 40.6 Å². The third kappa shape index (κ3) is 3.47. The molecule has 4 rings (SSSR count). The van der Waals surface area contributed by atoms with E-state index in [4.69, 9.17) is 4.74 Å². The van der Waals surface area contributed by atoms with Gasteiger partial charge in [-0.3, -0.25) is 4.79 Å². The number of thiophene rings is 1. The van der Waals surface area contributed by atoms with E-state index < -0.39 is 17.4 Å². The smallest absolute Gasteiger partial charge is 0.348 e. The highest BCUT2D eigenvalue weighted by Gasteiger charge is 2.43. The van der Waals surface area contributed by atoms with Gasteiger partial charge in [0.1, 0.15) is 10.4 Å². The van der Waals surface area contributed by atoms with Gasteiger partial charge in [-0.05, 0) is 61.3 Å². The van der Waals surface area contributed by atoms with E-state index in [0.29, 0.717) is 4.88 Å². The van der Waals surface area contributed by atoms with E-state index >= 15 is 0 Å². The van der Waals surface area contributed by atoms with Crippen LogP contribution in [-0.4, -0.2) is 24.0 Å². The van der Waals surface area contributed by atoms with Crippen molar-refractivity contribution in [3.05, 3.63) is 46.3 Å². The van der Waals surface area contributed by atoms with Gasteiger partial charge < -0.3 is 10.1 Å². The van der Waals surface area contributed by atoms with Gasteiger partial charge in [-0.1, -0.05) is 24.3 Å². The van der Waals surface area contributed by atoms with E-state index in [1.54, 1.807) is 6.92 Å². The molecule has 0 radical (unpaired) electrons. The summed E-state index contributed by atoms with van der Waals surface area (Å²) in [7, 11) is 0. The summed E-state index contributed by atoms with van der Waals surface area (Å²) in [5.74, 6) is -0.746. The monoisotopic (exact) mass is 380 g/mol. The van der Waals surface area contributed by atoms with Crippen LogP contribution >= 0.6 is 11.3 Å². The average molecular weight is 380 g/mol. The van der Waals surface area contributed by atoms with Gasteiger partial charge in [0.05, 0.1) is 6.07 Å². The number of aryl methyl sites for hydroxylation is 2. The number of rotatable bonds is 5. The lowest BCUT2D eigenvalue weighted by Crippen LogP contribution is -2.48. The summed E-state index contributed by atoms with van der Waals surface area (Å²) in [4.78, 5) is 26.1. The molecule has 2 aromatic rings. The van der Waals surface area contributed by atoms with E-state index in [9.17, 15) is 14.9 Å². The van der Waals surface area contributed by atoms with Gasteiger partial charge in [-0.2, -0.15) is 5.26 Å². The fraction of sp³-hybridized carbons (Fsp3) is 0.381. The first kappa shape index (κ1) is 17.7. The number of nitrogens with zero attached hydrogens (tertiary/aromatic N) is 1.